The molecule has 33 heavy (non-hydrogen) atoms. The van der Waals surface area contributed by atoms with E-state index in [1.54, 1.807) is 12.3 Å². The second-order valence-corrected chi connectivity index (χ2v) is 9.61. The molecular formula is C25H33N4O4+. The Labute approximate surface area is 194 Å². The van der Waals surface area contributed by atoms with Gasteiger partial charge in [0.1, 0.15) is 18.7 Å². The molecule has 2 heterocycles. The van der Waals surface area contributed by atoms with Gasteiger partial charge < -0.3 is 19.6 Å². The zero-order chi connectivity index (χ0) is 23.3. The molecule has 1 aliphatic carbocycles. The van der Waals surface area contributed by atoms with Crippen molar-refractivity contribution >= 4 is 17.7 Å². The van der Waals surface area contributed by atoms with Crippen LogP contribution in [0.5, 0.6) is 0 Å². The van der Waals surface area contributed by atoms with Gasteiger partial charge in [0.25, 0.3) is 5.91 Å². The first-order valence-corrected chi connectivity index (χ1v) is 11.8. The normalized spacial score (nSPS) is 25.2. The smallest absolute Gasteiger partial charge is 0.343 e. The summed E-state index contributed by atoms with van der Waals surface area (Å²) in [4.78, 5) is 33.8. The number of aliphatic hydroxyl groups is 1. The van der Waals surface area contributed by atoms with Gasteiger partial charge in [-0.3, -0.25) is 4.79 Å². The molecule has 1 amide bonds. The number of benzene rings is 1. The van der Waals surface area contributed by atoms with Crippen LogP contribution < -0.4 is 5.32 Å². The van der Waals surface area contributed by atoms with E-state index in [2.05, 4.69) is 15.3 Å². The number of esters is 1. The minimum Gasteiger partial charge on any atom is -0.454 e. The van der Waals surface area contributed by atoms with E-state index in [0.29, 0.717) is 35.4 Å². The fraction of sp³-hybridized carbons (Fsp3) is 0.520. The van der Waals surface area contributed by atoms with Crippen molar-refractivity contribution in [2.24, 2.45) is 5.92 Å². The first-order valence-electron chi connectivity index (χ1n) is 11.8. The molecule has 1 saturated heterocycles. The highest BCUT2D eigenvalue weighted by atomic mass is 16.6. The van der Waals surface area contributed by atoms with E-state index in [1.807, 2.05) is 37.4 Å². The molecule has 3 unspecified atom stereocenters. The van der Waals surface area contributed by atoms with Crippen molar-refractivity contribution in [1.82, 2.24) is 9.97 Å². The van der Waals surface area contributed by atoms with Crippen molar-refractivity contribution in [2.45, 2.75) is 50.2 Å². The summed E-state index contributed by atoms with van der Waals surface area (Å²) < 4.78 is 6.38. The highest BCUT2D eigenvalue weighted by molar-refractivity contribution is 5.90. The van der Waals surface area contributed by atoms with Crippen LogP contribution in [-0.2, 0) is 19.9 Å². The Kier molecular flexibility index (Phi) is 7.05. The van der Waals surface area contributed by atoms with Crippen molar-refractivity contribution in [2.75, 3.05) is 32.0 Å². The number of aromatic nitrogens is 2. The van der Waals surface area contributed by atoms with E-state index in [1.165, 1.54) is 6.33 Å². The van der Waals surface area contributed by atoms with E-state index >= 15 is 0 Å². The number of ether oxygens (including phenoxy) is 1. The average Bonchev–Trinajstić information content (AvgIpc) is 3.19. The largest absolute Gasteiger partial charge is 0.454 e. The van der Waals surface area contributed by atoms with E-state index < -0.39 is 11.6 Å². The quantitative estimate of drug-likeness (QED) is 0.494. The van der Waals surface area contributed by atoms with Gasteiger partial charge >= 0.3 is 5.97 Å². The third kappa shape index (κ3) is 5.39. The fourth-order valence-electron chi connectivity index (χ4n) is 5.24. The molecule has 176 valence electrons. The van der Waals surface area contributed by atoms with Crippen LogP contribution in [-0.4, -0.2) is 64.2 Å². The van der Waals surface area contributed by atoms with Crippen LogP contribution in [0.15, 0.2) is 48.9 Å². The van der Waals surface area contributed by atoms with Gasteiger partial charge in [-0.25, -0.2) is 14.8 Å². The summed E-state index contributed by atoms with van der Waals surface area (Å²) in [5, 5.41) is 14.5. The molecule has 4 rings (SSSR count). The number of rotatable bonds is 7. The molecule has 1 saturated carbocycles. The predicted molar refractivity (Wildman–Crippen MR) is 123 cm³/mol. The number of quaternary nitrogens is 1. The summed E-state index contributed by atoms with van der Waals surface area (Å²) in [7, 11) is 1.98. The molecule has 1 aromatic heterocycles. The number of anilines is 1. The molecule has 8 heteroatoms. The first-order chi connectivity index (χ1) is 15.9. The lowest BCUT2D eigenvalue weighted by atomic mass is 9.73. The lowest BCUT2D eigenvalue weighted by molar-refractivity contribution is -0.890. The van der Waals surface area contributed by atoms with Gasteiger partial charge in [-0.2, -0.15) is 0 Å². The van der Waals surface area contributed by atoms with Gasteiger partial charge in [-0.15, -0.1) is 0 Å². The molecule has 2 fully saturated rings. The maximum absolute atomic E-state index is 13.4. The molecule has 2 N–H and O–H groups in total. The monoisotopic (exact) mass is 453 g/mol. The van der Waals surface area contributed by atoms with Crippen LogP contribution >= 0.6 is 0 Å². The third-order valence-electron chi connectivity index (χ3n) is 7.00. The molecule has 0 spiro atoms. The van der Waals surface area contributed by atoms with Gasteiger partial charge in [0.05, 0.1) is 13.6 Å². The van der Waals surface area contributed by atoms with Crippen LogP contribution in [0, 0.1) is 5.92 Å². The van der Waals surface area contributed by atoms with Crippen molar-refractivity contribution in [1.29, 1.82) is 0 Å². The summed E-state index contributed by atoms with van der Waals surface area (Å²) in [6.07, 6.45) is 8.03. The van der Waals surface area contributed by atoms with Crippen molar-refractivity contribution in [3.63, 3.8) is 0 Å². The van der Waals surface area contributed by atoms with Gasteiger partial charge in [0.15, 0.2) is 18.2 Å². The number of nitrogens with one attached hydrogen (secondary N) is 1. The molecule has 3 atom stereocenters. The standard InChI is InChI=1S/C25H32N4O4/c1-29(17-23(30)28-22-12-14-26-18-27-22)15-13-21(16-29)33-24(31)25(32,19-8-4-2-5-9-19)20-10-6-3-7-11-20/h2,4-5,8-9,12,14,18,20-21,32H,3,6-7,10-11,13,15-17H2,1H3/p+1. The van der Waals surface area contributed by atoms with Crippen LogP contribution in [0.3, 0.4) is 0 Å². The Hall–Kier alpha value is -2.84. The summed E-state index contributed by atoms with van der Waals surface area (Å²) in [5.74, 6) is -0.401. The van der Waals surface area contributed by atoms with Crippen LogP contribution in [0.1, 0.15) is 44.1 Å². The minimum atomic E-state index is -1.64. The average molecular weight is 454 g/mol. The number of hydrogen-bond donors (Lipinski definition) is 2. The van der Waals surface area contributed by atoms with E-state index in [9.17, 15) is 14.7 Å². The molecule has 2 aliphatic rings. The zero-order valence-electron chi connectivity index (χ0n) is 19.2. The molecule has 1 aromatic carbocycles. The van der Waals surface area contributed by atoms with E-state index in [4.69, 9.17) is 4.74 Å². The predicted octanol–water partition coefficient (Wildman–Crippen LogP) is 2.65. The molecule has 8 nitrogen and oxygen atoms in total. The zero-order valence-corrected chi connectivity index (χ0v) is 19.2. The maximum Gasteiger partial charge on any atom is 0.343 e. The Bertz CT molecular complexity index is 951. The lowest BCUT2D eigenvalue weighted by Crippen LogP contribution is -2.49. The number of likely N-dealkylation sites (N-methyl/N-ethyl adjacent to an activating group) is 1. The van der Waals surface area contributed by atoms with E-state index in [-0.39, 0.29) is 24.5 Å². The number of carbonyl (C=O) groups excluding carboxylic acids is 2. The van der Waals surface area contributed by atoms with Crippen LogP contribution in [0.25, 0.3) is 0 Å². The SMILES string of the molecule is C[N+]1(CC(=O)Nc2ccncn2)CCC(OC(=O)C(O)(c2ccccc2)C2CCCCC2)C1. The summed E-state index contributed by atoms with van der Waals surface area (Å²) in [6.45, 7) is 1.49. The number of carbonyl (C=O) groups is 2. The second-order valence-electron chi connectivity index (χ2n) is 9.61. The highest BCUT2D eigenvalue weighted by Crippen LogP contribution is 2.41. The highest BCUT2D eigenvalue weighted by Gasteiger charge is 2.49. The van der Waals surface area contributed by atoms with E-state index in [0.717, 1.165) is 32.1 Å². The Morgan fingerprint density at radius 2 is 1.91 bits per heavy atom. The fourth-order valence-corrected chi connectivity index (χ4v) is 5.24. The van der Waals surface area contributed by atoms with Gasteiger partial charge in [0, 0.05) is 18.5 Å². The van der Waals surface area contributed by atoms with Gasteiger partial charge in [-0.1, -0.05) is 49.6 Å². The van der Waals surface area contributed by atoms with Crippen molar-refractivity contribution in [3.05, 3.63) is 54.5 Å². The Balaban J connectivity index is 1.41. The molecule has 1 aliphatic heterocycles. The Morgan fingerprint density at radius 1 is 1.15 bits per heavy atom. The molecule has 0 radical (unpaired) electrons. The third-order valence-corrected chi connectivity index (χ3v) is 7.00. The lowest BCUT2D eigenvalue weighted by Gasteiger charge is -2.37. The number of likely N-dealkylation sites (tertiary alicyclic amines) is 1. The van der Waals surface area contributed by atoms with Crippen molar-refractivity contribution < 1.29 is 23.9 Å². The number of hydrogen-bond acceptors (Lipinski definition) is 6. The summed E-state index contributed by atoms with van der Waals surface area (Å²) >= 11 is 0. The van der Waals surface area contributed by atoms with Gasteiger partial charge in [-0.05, 0) is 24.5 Å². The maximum atomic E-state index is 13.4. The molecule has 2 aromatic rings. The Morgan fingerprint density at radius 3 is 2.61 bits per heavy atom. The summed E-state index contributed by atoms with van der Waals surface area (Å²) in [5.41, 5.74) is -1.04. The summed E-state index contributed by atoms with van der Waals surface area (Å²) in [6, 6.07) is 10.8. The van der Waals surface area contributed by atoms with Crippen LogP contribution in [0.4, 0.5) is 5.82 Å². The van der Waals surface area contributed by atoms with Gasteiger partial charge in [0.2, 0.25) is 0 Å². The number of amides is 1. The minimum absolute atomic E-state index is 0.147. The topological polar surface area (TPSA) is 101 Å². The molecular weight excluding hydrogens is 420 g/mol. The molecule has 0 bridgehead atoms. The number of nitrogens with zero attached hydrogens (tertiary/aromatic N) is 3. The first kappa shape index (κ1) is 23.3. The van der Waals surface area contributed by atoms with Crippen LogP contribution in [0.2, 0.25) is 0 Å². The second kappa shape index (κ2) is 9.97. The van der Waals surface area contributed by atoms with Crippen molar-refractivity contribution in [3.8, 4) is 0 Å².